The maximum Gasteiger partial charge on any atom is 0.294 e. The van der Waals surface area contributed by atoms with Crippen molar-refractivity contribution in [3.8, 4) is 5.75 Å². The molecule has 2 aliphatic rings. The largest absolute Gasteiger partial charge is 0.482 e. The van der Waals surface area contributed by atoms with E-state index in [2.05, 4.69) is 5.32 Å². The van der Waals surface area contributed by atoms with E-state index in [1.807, 2.05) is 25.1 Å². The zero-order chi connectivity index (χ0) is 25.7. The van der Waals surface area contributed by atoms with Crippen LogP contribution >= 0.6 is 23.4 Å². The first-order valence-electron chi connectivity index (χ1n) is 11.2. The Labute approximate surface area is 217 Å². The van der Waals surface area contributed by atoms with Gasteiger partial charge in [-0.25, -0.2) is 0 Å². The van der Waals surface area contributed by atoms with Crippen molar-refractivity contribution in [1.29, 1.82) is 0 Å². The Kier molecular flexibility index (Phi) is 8.29. The lowest BCUT2D eigenvalue weighted by Gasteiger charge is -2.28. The van der Waals surface area contributed by atoms with Crippen LogP contribution in [0.3, 0.4) is 0 Å². The average Bonchev–Trinajstić information content (AvgIpc) is 3.11. The lowest BCUT2D eigenvalue weighted by molar-refractivity contribution is -0.139. The van der Waals surface area contributed by atoms with Crippen LogP contribution in [0.5, 0.6) is 5.75 Å². The number of morpholine rings is 1. The molecule has 2 saturated heterocycles. The van der Waals surface area contributed by atoms with Crippen LogP contribution in [-0.2, 0) is 19.1 Å². The number of halogens is 1. The van der Waals surface area contributed by atoms with Gasteiger partial charge in [-0.2, -0.15) is 0 Å². The summed E-state index contributed by atoms with van der Waals surface area (Å²) in [6.07, 6.45) is 1.53. The van der Waals surface area contributed by atoms with Crippen LogP contribution in [0.25, 0.3) is 6.08 Å². The van der Waals surface area contributed by atoms with Crippen molar-refractivity contribution in [2.45, 2.75) is 6.92 Å². The first-order valence-corrected chi connectivity index (χ1v) is 12.4. The molecule has 0 saturated carbocycles. The highest BCUT2D eigenvalue weighted by Crippen LogP contribution is 2.34. The van der Waals surface area contributed by atoms with Gasteiger partial charge in [-0.05, 0) is 60.2 Å². The number of benzene rings is 2. The zero-order valence-electron chi connectivity index (χ0n) is 19.5. The summed E-state index contributed by atoms with van der Waals surface area (Å²) >= 11 is 7.08. The molecule has 0 radical (unpaired) electrons. The molecule has 188 valence electrons. The minimum Gasteiger partial charge on any atom is -0.482 e. The number of carbonyl (C=O) groups is 4. The minimum absolute atomic E-state index is 0.192. The van der Waals surface area contributed by atoms with Crippen molar-refractivity contribution in [2.24, 2.45) is 0 Å². The number of rotatable bonds is 7. The first-order chi connectivity index (χ1) is 17.3. The lowest BCUT2D eigenvalue weighted by Crippen LogP contribution is -2.46. The number of ether oxygens (including phenoxy) is 2. The van der Waals surface area contributed by atoms with Crippen LogP contribution in [0.1, 0.15) is 11.1 Å². The fourth-order valence-corrected chi connectivity index (χ4v) is 4.70. The molecule has 36 heavy (non-hydrogen) atoms. The van der Waals surface area contributed by atoms with Gasteiger partial charge < -0.3 is 19.7 Å². The van der Waals surface area contributed by atoms with Crippen molar-refractivity contribution >= 4 is 58.1 Å². The van der Waals surface area contributed by atoms with Crippen molar-refractivity contribution < 1.29 is 28.7 Å². The van der Waals surface area contributed by atoms with Crippen LogP contribution < -0.4 is 10.1 Å². The van der Waals surface area contributed by atoms with Crippen LogP contribution in [0.15, 0.2) is 47.4 Å². The number of anilines is 1. The van der Waals surface area contributed by atoms with E-state index in [0.717, 1.165) is 22.2 Å². The fourth-order valence-electron chi connectivity index (χ4n) is 3.62. The molecular weight excluding hydrogens is 506 g/mol. The summed E-state index contributed by atoms with van der Waals surface area (Å²) in [5.41, 5.74) is 2.26. The van der Waals surface area contributed by atoms with Gasteiger partial charge in [0, 0.05) is 18.8 Å². The maximum absolute atomic E-state index is 12.8. The van der Waals surface area contributed by atoms with E-state index in [4.69, 9.17) is 21.1 Å². The standard InChI is InChI=1S/C25H24ClN3O6S/c1-16-3-2-4-18(11-16)27-22(30)15-35-20-6-5-17(12-19(20)26)13-21-24(32)29(25(33)36-21)14-23(31)28-7-9-34-10-8-28/h2-6,11-13H,7-10,14-15H2,1H3,(H,27,30)/b21-13-. The summed E-state index contributed by atoms with van der Waals surface area (Å²) in [5.74, 6) is -0.854. The second kappa shape index (κ2) is 11.6. The van der Waals surface area contributed by atoms with Crippen molar-refractivity contribution in [1.82, 2.24) is 9.80 Å². The Balaban J connectivity index is 1.35. The van der Waals surface area contributed by atoms with E-state index in [9.17, 15) is 19.2 Å². The Hall–Kier alpha value is -3.34. The van der Waals surface area contributed by atoms with Gasteiger partial charge in [0.05, 0.1) is 23.1 Å². The monoisotopic (exact) mass is 529 g/mol. The van der Waals surface area contributed by atoms with Gasteiger partial charge in [-0.15, -0.1) is 0 Å². The molecule has 2 aromatic carbocycles. The predicted molar refractivity (Wildman–Crippen MR) is 137 cm³/mol. The van der Waals surface area contributed by atoms with Crippen LogP contribution in [-0.4, -0.2) is 72.2 Å². The van der Waals surface area contributed by atoms with Crippen LogP contribution in [0.4, 0.5) is 10.5 Å². The van der Waals surface area contributed by atoms with E-state index in [1.165, 1.54) is 6.08 Å². The van der Waals surface area contributed by atoms with Gasteiger partial charge in [-0.1, -0.05) is 29.8 Å². The number of nitrogens with one attached hydrogen (secondary N) is 1. The number of amides is 4. The van der Waals surface area contributed by atoms with Gasteiger partial charge in [-0.3, -0.25) is 24.1 Å². The predicted octanol–water partition coefficient (Wildman–Crippen LogP) is 3.56. The molecule has 0 aliphatic carbocycles. The van der Waals surface area contributed by atoms with Gasteiger partial charge >= 0.3 is 0 Å². The van der Waals surface area contributed by atoms with Crippen molar-refractivity contribution in [3.05, 3.63) is 63.5 Å². The summed E-state index contributed by atoms with van der Waals surface area (Å²) in [6, 6.07) is 12.2. The molecule has 0 spiro atoms. The summed E-state index contributed by atoms with van der Waals surface area (Å²) in [5, 5.41) is 2.50. The van der Waals surface area contributed by atoms with E-state index in [-0.39, 0.29) is 34.9 Å². The number of nitrogens with zero attached hydrogens (tertiary/aromatic N) is 2. The molecule has 4 rings (SSSR count). The molecular formula is C25H24ClN3O6S. The number of aryl methyl sites for hydroxylation is 1. The molecule has 2 heterocycles. The van der Waals surface area contributed by atoms with Crippen molar-refractivity contribution in [3.63, 3.8) is 0 Å². The molecule has 4 amide bonds. The topological polar surface area (TPSA) is 105 Å². The molecule has 0 unspecified atom stereocenters. The third kappa shape index (κ3) is 6.45. The summed E-state index contributed by atoms with van der Waals surface area (Å²) in [7, 11) is 0. The van der Waals surface area contributed by atoms with E-state index in [1.54, 1.807) is 29.2 Å². The van der Waals surface area contributed by atoms with E-state index < -0.39 is 11.1 Å². The summed E-state index contributed by atoms with van der Waals surface area (Å²) < 4.78 is 10.8. The Morgan fingerprint density at radius 3 is 2.67 bits per heavy atom. The average molecular weight is 530 g/mol. The van der Waals surface area contributed by atoms with Crippen LogP contribution in [0, 0.1) is 6.92 Å². The molecule has 0 atom stereocenters. The molecule has 1 N–H and O–H groups in total. The second-order valence-electron chi connectivity index (χ2n) is 8.16. The van der Waals surface area contributed by atoms with Gasteiger partial charge in [0.1, 0.15) is 12.3 Å². The molecule has 9 nitrogen and oxygen atoms in total. The maximum atomic E-state index is 12.8. The highest BCUT2D eigenvalue weighted by atomic mass is 35.5. The smallest absolute Gasteiger partial charge is 0.294 e. The number of hydrogen-bond acceptors (Lipinski definition) is 7. The number of carbonyl (C=O) groups excluding carboxylic acids is 4. The quantitative estimate of drug-likeness (QED) is 0.547. The van der Waals surface area contributed by atoms with E-state index >= 15 is 0 Å². The molecule has 11 heteroatoms. The van der Waals surface area contributed by atoms with Crippen molar-refractivity contribution in [2.75, 3.05) is 44.8 Å². The SMILES string of the molecule is Cc1cccc(NC(=O)COc2ccc(/C=C3\SC(=O)N(CC(=O)N4CCOCC4)C3=O)cc2Cl)c1. The second-order valence-corrected chi connectivity index (χ2v) is 9.56. The van der Waals surface area contributed by atoms with E-state index in [0.29, 0.717) is 43.3 Å². The van der Waals surface area contributed by atoms with Gasteiger partial charge in [0.25, 0.3) is 17.1 Å². The molecule has 0 aromatic heterocycles. The Morgan fingerprint density at radius 1 is 1.17 bits per heavy atom. The third-order valence-corrected chi connectivity index (χ3v) is 6.65. The zero-order valence-corrected chi connectivity index (χ0v) is 21.1. The lowest BCUT2D eigenvalue weighted by atomic mass is 10.2. The fraction of sp³-hybridized carbons (Fsp3) is 0.280. The highest BCUT2D eigenvalue weighted by Gasteiger charge is 2.37. The first kappa shape index (κ1) is 25.7. The summed E-state index contributed by atoms with van der Waals surface area (Å²) in [6.45, 7) is 3.13. The molecule has 2 aromatic rings. The van der Waals surface area contributed by atoms with Gasteiger partial charge in [0.15, 0.2) is 6.61 Å². The third-order valence-electron chi connectivity index (χ3n) is 5.45. The molecule has 0 bridgehead atoms. The minimum atomic E-state index is -0.532. The number of thioether (sulfide) groups is 1. The normalized spacial score (nSPS) is 17.0. The number of imide groups is 1. The number of hydrogen-bond donors (Lipinski definition) is 1. The Bertz CT molecular complexity index is 1230. The Morgan fingerprint density at radius 2 is 1.94 bits per heavy atom. The van der Waals surface area contributed by atoms with Crippen LogP contribution in [0.2, 0.25) is 5.02 Å². The van der Waals surface area contributed by atoms with Gasteiger partial charge in [0.2, 0.25) is 5.91 Å². The highest BCUT2D eigenvalue weighted by molar-refractivity contribution is 8.18. The molecule has 2 fully saturated rings. The summed E-state index contributed by atoms with van der Waals surface area (Å²) in [4.78, 5) is 52.5. The molecule has 2 aliphatic heterocycles.